The quantitative estimate of drug-likeness (QED) is 0.796. The minimum atomic E-state index is -0.113. The Labute approximate surface area is 118 Å². The van der Waals surface area contributed by atoms with E-state index < -0.39 is 0 Å². The van der Waals surface area contributed by atoms with Gasteiger partial charge < -0.3 is 19.9 Å². The van der Waals surface area contributed by atoms with Crippen molar-refractivity contribution in [1.29, 1.82) is 0 Å². The van der Waals surface area contributed by atoms with E-state index >= 15 is 0 Å². The van der Waals surface area contributed by atoms with Gasteiger partial charge in [0.15, 0.2) is 5.82 Å². The Bertz CT molecular complexity index is 481. The molecule has 1 saturated heterocycles. The lowest BCUT2D eigenvalue weighted by molar-refractivity contribution is -0.125. The lowest BCUT2D eigenvalue weighted by Gasteiger charge is -2.23. The van der Waals surface area contributed by atoms with Crippen LogP contribution in [0, 0.1) is 0 Å². The van der Waals surface area contributed by atoms with Crippen LogP contribution in [0.25, 0.3) is 0 Å². The Morgan fingerprint density at radius 1 is 1.60 bits per heavy atom. The first-order chi connectivity index (χ1) is 9.74. The number of hydrogen-bond donors (Lipinski definition) is 2. The molecule has 0 aliphatic carbocycles. The number of aromatic nitrogens is 3. The van der Waals surface area contributed by atoms with Crippen molar-refractivity contribution in [3.63, 3.8) is 0 Å². The number of fused-ring (bicyclic) bond motifs is 1. The smallest absolute Gasteiger partial charge is 0.223 e. The van der Waals surface area contributed by atoms with Crippen LogP contribution in [0.4, 0.5) is 0 Å². The maximum atomic E-state index is 12.0. The highest BCUT2D eigenvalue weighted by Gasteiger charge is 2.24. The summed E-state index contributed by atoms with van der Waals surface area (Å²) in [7, 11) is 0. The second-order valence-corrected chi connectivity index (χ2v) is 5.42. The monoisotopic (exact) mass is 279 g/mol. The van der Waals surface area contributed by atoms with Crippen LogP contribution in [-0.2, 0) is 22.5 Å². The molecule has 0 saturated carbocycles. The summed E-state index contributed by atoms with van der Waals surface area (Å²) in [5.41, 5.74) is 0. The first-order valence-corrected chi connectivity index (χ1v) is 7.27. The van der Waals surface area contributed by atoms with Gasteiger partial charge >= 0.3 is 0 Å². The Morgan fingerprint density at radius 3 is 3.30 bits per heavy atom. The average Bonchev–Trinajstić information content (AvgIpc) is 3.01. The summed E-state index contributed by atoms with van der Waals surface area (Å²) in [6.07, 6.45) is 2.45. The van der Waals surface area contributed by atoms with Gasteiger partial charge in [0.05, 0.1) is 25.2 Å². The van der Waals surface area contributed by atoms with Crippen LogP contribution in [0.15, 0.2) is 0 Å². The van der Waals surface area contributed by atoms with Crippen LogP contribution in [0.2, 0.25) is 0 Å². The summed E-state index contributed by atoms with van der Waals surface area (Å²) < 4.78 is 7.65. The molecule has 0 bridgehead atoms. The maximum absolute atomic E-state index is 12.0. The molecular weight excluding hydrogens is 258 g/mol. The topological polar surface area (TPSA) is 81.1 Å². The van der Waals surface area contributed by atoms with E-state index in [0.29, 0.717) is 13.0 Å². The Hall–Kier alpha value is -1.47. The first-order valence-electron chi connectivity index (χ1n) is 7.27. The third kappa shape index (κ3) is 2.83. The minimum absolute atomic E-state index is 0.00143. The second-order valence-electron chi connectivity index (χ2n) is 5.42. The van der Waals surface area contributed by atoms with Crippen molar-refractivity contribution in [3.05, 3.63) is 11.6 Å². The van der Waals surface area contributed by atoms with Crippen molar-refractivity contribution in [3.8, 4) is 0 Å². The maximum Gasteiger partial charge on any atom is 0.223 e. The molecule has 0 aromatic carbocycles. The fourth-order valence-electron chi connectivity index (χ4n) is 2.82. The number of morpholine rings is 1. The molecule has 3 heterocycles. The molecule has 20 heavy (non-hydrogen) atoms. The highest BCUT2D eigenvalue weighted by atomic mass is 16.5. The average molecular weight is 279 g/mol. The number of carbonyl (C=O) groups excluding carboxylic acids is 1. The molecule has 110 valence electrons. The highest BCUT2D eigenvalue weighted by Crippen LogP contribution is 2.19. The van der Waals surface area contributed by atoms with Gasteiger partial charge in [0.25, 0.3) is 0 Å². The molecule has 2 aliphatic heterocycles. The molecule has 1 fully saturated rings. The van der Waals surface area contributed by atoms with Gasteiger partial charge in [-0.3, -0.25) is 4.79 Å². The van der Waals surface area contributed by atoms with Crippen molar-refractivity contribution < 1.29 is 9.53 Å². The Kier molecular flexibility index (Phi) is 3.98. The molecule has 2 atom stereocenters. The molecule has 1 aromatic heterocycles. The Balaban J connectivity index is 1.55. The normalized spacial score (nSPS) is 23.4. The number of hydrogen-bond acceptors (Lipinski definition) is 5. The van der Waals surface area contributed by atoms with E-state index in [2.05, 4.69) is 25.4 Å². The summed E-state index contributed by atoms with van der Waals surface area (Å²) in [5.74, 6) is 1.89. The van der Waals surface area contributed by atoms with Crippen molar-refractivity contribution in [2.75, 3.05) is 19.7 Å². The fraction of sp³-hybridized carbons (Fsp3) is 0.769. The largest absolute Gasteiger partial charge is 0.375 e. The van der Waals surface area contributed by atoms with E-state index in [-0.39, 0.29) is 18.1 Å². The zero-order valence-electron chi connectivity index (χ0n) is 11.8. The van der Waals surface area contributed by atoms with Gasteiger partial charge in [-0.2, -0.15) is 0 Å². The van der Waals surface area contributed by atoms with Gasteiger partial charge in [0.1, 0.15) is 5.82 Å². The number of amides is 1. The number of carbonyl (C=O) groups is 1. The molecule has 0 spiro atoms. The third-order valence-corrected chi connectivity index (χ3v) is 3.82. The van der Waals surface area contributed by atoms with E-state index in [1.807, 2.05) is 6.92 Å². The second kappa shape index (κ2) is 5.88. The summed E-state index contributed by atoms with van der Waals surface area (Å²) in [4.78, 5) is 12.0. The first kappa shape index (κ1) is 13.5. The van der Waals surface area contributed by atoms with Gasteiger partial charge in [0, 0.05) is 26.1 Å². The Morgan fingerprint density at radius 2 is 2.50 bits per heavy atom. The predicted octanol–water partition coefficient (Wildman–Crippen LogP) is -0.220. The van der Waals surface area contributed by atoms with E-state index in [1.165, 1.54) is 0 Å². The van der Waals surface area contributed by atoms with Crippen molar-refractivity contribution >= 4 is 5.91 Å². The molecule has 7 nitrogen and oxygen atoms in total. The summed E-state index contributed by atoms with van der Waals surface area (Å²) in [5, 5.41) is 14.6. The molecular formula is C13H21N5O2. The molecule has 7 heteroatoms. The van der Waals surface area contributed by atoms with Gasteiger partial charge in [-0.05, 0) is 13.3 Å². The van der Waals surface area contributed by atoms with Crippen molar-refractivity contribution in [2.45, 2.75) is 44.9 Å². The summed E-state index contributed by atoms with van der Waals surface area (Å²) in [6.45, 7) is 5.18. The molecule has 3 rings (SSSR count). The minimum Gasteiger partial charge on any atom is -0.375 e. The standard InChI is InChI=1S/C13H21N5O2/c1-9(13-17-16-11-3-2-5-18(11)13)15-12(19)7-10-8-14-4-6-20-10/h9-10,14H,2-8H2,1H3,(H,15,19). The van der Waals surface area contributed by atoms with Crippen LogP contribution in [0.1, 0.15) is 37.5 Å². The molecule has 1 aromatic rings. The fourth-order valence-corrected chi connectivity index (χ4v) is 2.82. The van der Waals surface area contributed by atoms with Gasteiger partial charge in [-0.25, -0.2) is 0 Å². The summed E-state index contributed by atoms with van der Waals surface area (Å²) in [6, 6.07) is -0.113. The number of aryl methyl sites for hydroxylation is 1. The van der Waals surface area contributed by atoms with E-state index in [4.69, 9.17) is 4.74 Å². The predicted molar refractivity (Wildman–Crippen MR) is 72.1 cm³/mol. The van der Waals surface area contributed by atoms with Crippen LogP contribution >= 0.6 is 0 Å². The van der Waals surface area contributed by atoms with Crippen LogP contribution < -0.4 is 10.6 Å². The van der Waals surface area contributed by atoms with E-state index in [0.717, 1.165) is 44.1 Å². The molecule has 1 amide bonds. The number of rotatable bonds is 4. The van der Waals surface area contributed by atoms with Crippen LogP contribution in [0.3, 0.4) is 0 Å². The van der Waals surface area contributed by atoms with E-state index in [1.54, 1.807) is 0 Å². The lowest BCUT2D eigenvalue weighted by atomic mass is 10.2. The van der Waals surface area contributed by atoms with Gasteiger partial charge in [-0.1, -0.05) is 0 Å². The molecule has 0 radical (unpaired) electrons. The zero-order chi connectivity index (χ0) is 13.9. The SMILES string of the molecule is CC(NC(=O)CC1CNCCO1)c1nnc2n1CCC2. The molecule has 2 aliphatic rings. The zero-order valence-corrected chi connectivity index (χ0v) is 11.8. The van der Waals surface area contributed by atoms with Crippen LogP contribution in [0.5, 0.6) is 0 Å². The lowest BCUT2D eigenvalue weighted by Crippen LogP contribution is -2.41. The summed E-state index contributed by atoms with van der Waals surface area (Å²) >= 11 is 0. The van der Waals surface area contributed by atoms with Gasteiger partial charge in [0.2, 0.25) is 5.91 Å². The van der Waals surface area contributed by atoms with Crippen molar-refractivity contribution in [2.24, 2.45) is 0 Å². The van der Waals surface area contributed by atoms with Crippen molar-refractivity contribution in [1.82, 2.24) is 25.4 Å². The number of ether oxygens (including phenoxy) is 1. The molecule has 2 N–H and O–H groups in total. The van der Waals surface area contributed by atoms with Gasteiger partial charge in [-0.15, -0.1) is 10.2 Å². The molecule has 2 unspecified atom stereocenters. The third-order valence-electron chi connectivity index (χ3n) is 3.82. The highest BCUT2D eigenvalue weighted by molar-refractivity contribution is 5.76. The van der Waals surface area contributed by atoms with Crippen LogP contribution in [-0.4, -0.2) is 46.5 Å². The van der Waals surface area contributed by atoms with E-state index in [9.17, 15) is 4.79 Å². The number of nitrogens with zero attached hydrogens (tertiary/aromatic N) is 3. The number of nitrogens with one attached hydrogen (secondary N) is 2.